The smallest absolute Gasteiger partial charge is 0.251 e. The average Bonchev–Trinajstić information content (AvgIpc) is 3.08. The van der Waals surface area contributed by atoms with Gasteiger partial charge in [0.25, 0.3) is 5.56 Å². The van der Waals surface area contributed by atoms with Gasteiger partial charge in [-0.25, -0.2) is 0 Å². The lowest BCUT2D eigenvalue weighted by Crippen LogP contribution is -2.45. The number of nitrogens with one attached hydrogen (secondary N) is 1. The molecule has 6 nitrogen and oxygen atoms in total. The van der Waals surface area contributed by atoms with Crippen molar-refractivity contribution in [1.82, 2.24) is 14.8 Å². The Morgan fingerprint density at radius 3 is 2.84 bits per heavy atom. The van der Waals surface area contributed by atoms with Gasteiger partial charge in [0.1, 0.15) is 5.75 Å². The van der Waals surface area contributed by atoms with Crippen LogP contribution >= 0.6 is 0 Å². The maximum Gasteiger partial charge on any atom is 0.251 e. The fourth-order valence-corrected chi connectivity index (χ4v) is 3.80. The summed E-state index contributed by atoms with van der Waals surface area (Å²) in [6.45, 7) is 3.34. The highest BCUT2D eigenvalue weighted by atomic mass is 16.5. The first kappa shape index (κ1) is 16.1. The molecule has 1 aromatic heterocycles. The van der Waals surface area contributed by atoms with Crippen LogP contribution in [0.15, 0.2) is 35.1 Å². The van der Waals surface area contributed by atoms with Crippen molar-refractivity contribution in [2.45, 2.75) is 31.8 Å². The SMILES string of the molecule is O=C1NCCCOc2ccc3ccc(=O)n(c3c2)CCN2CCC[C@@H]12. The summed E-state index contributed by atoms with van der Waals surface area (Å²) >= 11 is 0. The van der Waals surface area contributed by atoms with Crippen LogP contribution in [-0.4, -0.2) is 47.7 Å². The topological polar surface area (TPSA) is 63.6 Å². The van der Waals surface area contributed by atoms with Gasteiger partial charge in [-0.15, -0.1) is 0 Å². The molecule has 1 saturated heterocycles. The van der Waals surface area contributed by atoms with Crippen molar-refractivity contribution < 1.29 is 9.53 Å². The molecule has 0 unspecified atom stereocenters. The summed E-state index contributed by atoms with van der Waals surface area (Å²) in [5.41, 5.74) is 0.874. The highest BCUT2D eigenvalue weighted by Gasteiger charge is 2.30. The average molecular weight is 341 g/mol. The molecule has 1 N–H and O–H groups in total. The van der Waals surface area contributed by atoms with E-state index < -0.39 is 0 Å². The van der Waals surface area contributed by atoms with Gasteiger partial charge in [0, 0.05) is 31.8 Å². The summed E-state index contributed by atoms with van der Waals surface area (Å²) in [7, 11) is 0. The zero-order valence-electron chi connectivity index (χ0n) is 14.2. The maximum atomic E-state index is 12.4. The van der Waals surface area contributed by atoms with E-state index in [1.807, 2.05) is 24.3 Å². The molecule has 3 heterocycles. The summed E-state index contributed by atoms with van der Waals surface area (Å²) in [6.07, 6.45) is 2.67. The number of carbonyl (C=O) groups is 1. The summed E-state index contributed by atoms with van der Waals surface area (Å²) in [5, 5.41) is 4.04. The fourth-order valence-electron chi connectivity index (χ4n) is 3.80. The van der Waals surface area contributed by atoms with Gasteiger partial charge in [-0.2, -0.15) is 0 Å². The van der Waals surface area contributed by atoms with E-state index in [1.54, 1.807) is 10.6 Å². The molecule has 0 radical (unpaired) electrons. The Morgan fingerprint density at radius 1 is 1.04 bits per heavy atom. The predicted molar refractivity (Wildman–Crippen MR) is 95.9 cm³/mol. The third-order valence-corrected chi connectivity index (χ3v) is 5.13. The number of carbonyl (C=O) groups excluding carboxylic acids is 1. The molecule has 0 aliphatic carbocycles. The molecule has 2 aromatic rings. The monoisotopic (exact) mass is 341 g/mol. The molecular weight excluding hydrogens is 318 g/mol. The Hall–Kier alpha value is -2.34. The van der Waals surface area contributed by atoms with E-state index in [4.69, 9.17) is 4.74 Å². The second-order valence-electron chi connectivity index (χ2n) is 6.73. The van der Waals surface area contributed by atoms with Crippen LogP contribution in [-0.2, 0) is 11.3 Å². The standard InChI is InChI=1S/C19H23N3O3/c23-18-7-5-14-4-6-15-13-17(14)22(18)11-10-21-9-1-3-16(21)19(24)20-8-2-12-25-15/h4-7,13,16H,1-3,8-12H2,(H,20,24)/t16-/m0/s1. The minimum atomic E-state index is -0.0786. The zero-order valence-corrected chi connectivity index (χ0v) is 14.2. The largest absolute Gasteiger partial charge is 0.493 e. The van der Waals surface area contributed by atoms with Crippen LogP contribution in [0.5, 0.6) is 5.75 Å². The number of benzene rings is 1. The summed E-state index contributed by atoms with van der Waals surface area (Å²) in [6, 6.07) is 9.26. The van der Waals surface area contributed by atoms with Crippen molar-refractivity contribution in [3.63, 3.8) is 0 Å². The fraction of sp³-hybridized carbons (Fsp3) is 0.474. The van der Waals surface area contributed by atoms with E-state index in [2.05, 4.69) is 10.2 Å². The van der Waals surface area contributed by atoms with Crippen LogP contribution < -0.4 is 15.6 Å². The number of hydrogen-bond donors (Lipinski definition) is 1. The van der Waals surface area contributed by atoms with Crippen molar-refractivity contribution in [2.24, 2.45) is 0 Å². The maximum absolute atomic E-state index is 12.4. The van der Waals surface area contributed by atoms with E-state index in [-0.39, 0.29) is 17.5 Å². The third-order valence-electron chi connectivity index (χ3n) is 5.13. The quantitative estimate of drug-likeness (QED) is 0.786. The number of ether oxygens (including phenoxy) is 1. The Balaban J connectivity index is 1.71. The molecule has 2 aliphatic heterocycles. The summed E-state index contributed by atoms with van der Waals surface area (Å²) in [5.74, 6) is 0.855. The number of fused-ring (bicyclic) bond motifs is 2. The van der Waals surface area contributed by atoms with Gasteiger partial charge in [-0.1, -0.05) is 0 Å². The highest BCUT2D eigenvalue weighted by Crippen LogP contribution is 2.21. The lowest BCUT2D eigenvalue weighted by molar-refractivity contribution is -0.125. The first-order chi connectivity index (χ1) is 12.2. The summed E-state index contributed by atoms with van der Waals surface area (Å²) < 4.78 is 7.59. The number of aromatic nitrogens is 1. The van der Waals surface area contributed by atoms with Crippen molar-refractivity contribution in [3.8, 4) is 5.75 Å². The molecule has 2 aliphatic rings. The molecule has 25 heavy (non-hydrogen) atoms. The van der Waals surface area contributed by atoms with Crippen LogP contribution in [0.3, 0.4) is 0 Å². The second kappa shape index (κ2) is 6.88. The first-order valence-electron chi connectivity index (χ1n) is 9.00. The van der Waals surface area contributed by atoms with Crippen molar-refractivity contribution >= 4 is 16.8 Å². The highest BCUT2D eigenvalue weighted by molar-refractivity contribution is 5.82. The van der Waals surface area contributed by atoms with Gasteiger partial charge >= 0.3 is 0 Å². The molecule has 1 fully saturated rings. The lowest BCUT2D eigenvalue weighted by atomic mass is 10.2. The third kappa shape index (κ3) is 3.26. The normalized spacial score (nSPS) is 22.2. The second-order valence-corrected chi connectivity index (χ2v) is 6.73. The van der Waals surface area contributed by atoms with Crippen molar-refractivity contribution in [2.75, 3.05) is 26.2 Å². The lowest BCUT2D eigenvalue weighted by Gasteiger charge is -2.24. The molecule has 1 amide bonds. The van der Waals surface area contributed by atoms with Gasteiger partial charge in [0.05, 0.1) is 18.2 Å². The Labute approximate surface area is 146 Å². The molecule has 1 aromatic carbocycles. The van der Waals surface area contributed by atoms with E-state index in [0.29, 0.717) is 26.2 Å². The predicted octanol–water partition coefficient (Wildman–Crippen LogP) is 1.36. The molecule has 6 heteroatoms. The molecule has 132 valence electrons. The van der Waals surface area contributed by atoms with Gasteiger partial charge in [-0.3, -0.25) is 14.5 Å². The van der Waals surface area contributed by atoms with E-state index in [0.717, 1.165) is 42.5 Å². The molecule has 0 spiro atoms. The van der Waals surface area contributed by atoms with Crippen LogP contribution in [0.25, 0.3) is 10.9 Å². The number of pyridine rings is 1. The Kier molecular flexibility index (Phi) is 4.44. The number of hydrogen-bond acceptors (Lipinski definition) is 4. The van der Waals surface area contributed by atoms with E-state index in [9.17, 15) is 9.59 Å². The molecular formula is C19H23N3O3. The first-order valence-corrected chi connectivity index (χ1v) is 9.00. The molecule has 1 atom stereocenters. The Morgan fingerprint density at radius 2 is 1.92 bits per heavy atom. The number of rotatable bonds is 0. The van der Waals surface area contributed by atoms with Crippen LogP contribution in [0.2, 0.25) is 0 Å². The van der Waals surface area contributed by atoms with E-state index in [1.165, 1.54) is 0 Å². The summed E-state index contributed by atoms with van der Waals surface area (Å²) in [4.78, 5) is 27.0. The number of amides is 1. The van der Waals surface area contributed by atoms with Crippen molar-refractivity contribution in [3.05, 3.63) is 40.7 Å². The Bertz CT molecular complexity index is 845. The van der Waals surface area contributed by atoms with Crippen LogP contribution in [0, 0.1) is 0 Å². The minimum Gasteiger partial charge on any atom is -0.493 e. The number of nitrogens with zero attached hydrogens (tertiary/aromatic N) is 2. The van der Waals surface area contributed by atoms with E-state index >= 15 is 0 Å². The molecule has 2 bridgehead atoms. The van der Waals surface area contributed by atoms with Gasteiger partial charge in [0.15, 0.2) is 0 Å². The molecule has 4 rings (SSSR count). The molecule has 0 saturated carbocycles. The zero-order chi connectivity index (χ0) is 17.2. The minimum absolute atomic E-state index is 0.0167. The van der Waals surface area contributed by atoms with Crippen molar-refractivity contribution in [1.29, 1.82) is 0 Å². The van der Waals surface area contributed by atoms with Crippen LogP contribution in [0.1, 0.15) is 19.3 Å². The van der Waals surface area contributed by atoms with Gasteiger partial charge in [-0.05, 0) is 49.4 Å². The van der Waals surface area contributed by atoms with Gasteiger partial charge < -0.3 is 14.6 Å². The van der Waals surface area contributed by atoms with Gasteiger partial charge in [0.2, 0.25) is 5.91 Å². The van der Waals surface area contributed by atoms with Crippen LogP contribution in [0.4, 0.5) is 0 Å².